The number of rotatable bonds is 5. The molecule has 0 N–H and O–H groups in total. The van der Waals surface area contributed by atoms with Gasteiger partial charge in [0.2, 0.25) is 5.91 Å². The number of carbonyl (C=O) groups is 1. The van der Waals surface area contributed by atoms with Crippen LogP contribution in [0.5, 0.6) is 0 Å². The lowest BCUT2D eigenvalue weighted by Crippen LogP contribution is -2.50. The van der Waals surface area contributed by atoms with Crippen molar-refractivity contribution in [2.75, 3.05) is 50.7 Å². The fourth-order valence-corrected chi connectivity index (χ4v) is 4.99. The van der Waals surface area contributed by atoms with Crippen LogP contribution in [0.3, 0.4) is 0 Å². The van der Waals surface area contributed by atoms with Gasteiger partial charge in [-0.1, -0.05) is 11.2 Å². The predicted molar refractivity (Wildman–Crippen MR) is 117 cm³/mol. The summed E-state index contributed by atoms with van der Waals surface area (Å²) >= 11 is 0. The Hall–Kier alpha value is -2.41. The first-order valence-corrected chi connectivity index (χ1v) is 11.1. The Kier molecular flexibility index (Phi) is 6.37. The highest BCUT2D eigenvalue weighted by molar-refractivity contribution is 5.84. The third kappa shape index (κ3) is 4.51. The molecule has 2 aliphatic rings. The zero-order valence-electron chi connectivity index (χ0n) is 18.4. The monoisotopic (exact) mass is 411 g/mol. The third-order valence-electron chi connectivity index (χ3n) is 6.58. The van der Waals surface area contributed by atoms with E-state index in [2.05, 4.69) is 30.9 Å². The van der Waals surface area contributed by atoms with Crippen LogP contribution in [0, 0.1) is 19.8 Å². The molecule has 2 aromatic rings. The van der Waals surface area contributed by atoms with E-state index >= 15 is 0 Å². The number of carbonyl (C=O) groups excluding carboxylic acids is 1. The van der Waals surface area contributed by atoms with Crippen LogP contribution in [0.2, 0.25) is 0 Å². The van der Waals surface area contributed by atoms with E-state index in [-0.39, 0.29) is 11.8 Å². The number of piperidine rings is 1. The molecule has 4 rings (SSSR count). The van der Waals surface area contributed by atoms with E-state index in [1.807, 2.05) is 39.1 Å². The molecule has 7 nitrogen and oxygen atoms in total. The Bertz CT molecular complexity index is 825. The summed E-state index contributed by atoms with van der Waals surface area (Å²) < 4.78 is 5.28. The minimum absolute atomic E-state index is 0.197. The third-order valence-corrected chi connectivity index (χ3v) is 6.58. The molecule has 2 saturated heterocycles. The van der Waals surface area contributed by atoms with Crippen LogP contribution in [-0.4, -0.2) is 71.7 Å². The quantitative estimate of drug-likeness (QED) is 0.754. The van der Waals surface area contributed by atoms with Gasteiger partial charge in [0.15, 0.2) is 0 Å². The average Bonchev–Trinajstić information content (AvgIpc) is 3.12. The molecule has 162 valence electrons. The van der Waals surface area contributed by atoms with Gasteiger partial charge in [0, 0.05) is 57.6 Å². The maximum Gasteiger partial charge on any atom is 0.230 e. The zero-order valence-corrected chi connectivity index (χ0v) is 18.4. The largest absolute Gasteiger partial charge is 0.361 e. The molecule has 2 atom stereocenters. The summed E-state index contributed by atoms with van der Waals surface area (Å²) in [4.78, 5) is 24.6. The smallest absolute Gasteiger partial charge is 0.230 e. The Morgan fingerprint density at radius 3 is 2.67 bits per heavy atom. The molecular weight excluding hydrogens is 378 g/mol. The van der Waals surface area contributed by atoms with Crippen molar-refractivity contribution in [2.45, 2.75) is 39.5 Å². The predicted octanol–water partition coefficient (Wildman–Crippen LogP) is 2.85. The number of nitrogens with zero attached hydrogens (tertiary/aromatic N) is 5. The maximum absolute atomic E-state index is 13.2. The SMILES string of the molecule is Cc1noc(C)c1C(C)C(=O)N1CCCC(CN2CCN(c3ccccn3)CC2)C1. The number of piperazine rings is 1. The van der Waals surface area contributed by atoms with Crippen molar-refractivity contribution in [2.24, 2.45) is 5.92 Å². The first-order valence-electron chi connectivity index (χ1n) is 11.1. The highest BCUT2D eigenvalue weighted by Crippen LogP contribution is 2.27. The number of aromatic nitrogens is 2. The first kappa shape index (κ1) is 20.8. The second-order valence-corrected chi connectivity index (χ2v) is 8.73. The first-order chi connectivity index (χ1) is 14.5. The average molecular weight is 412 g/mol. The summed E-state index contributed by atoms with van der Waals surface area (Å²) in [6, 6.07) is 6.09. The van der Waals surface area contributed by atoms with E-state index in [4.69, 9.17) is 4.52 Å². The Labute approximate surface area is 179 Å². The van der Waals surface area contributed by atoms with Gasteiger partial charge >= 0.3 is 0 Å². The van der Waals surface area contributed by atoms with E-state index in [0.717, 1.165) is 75.1 Å². The van der Waals surface area contributed by atoms with Crippen molar-refractivity contribution in [1.82, 2.24) is 19.9 Å². The molecule has 2 unspecified atom stereocenters. The van der Waals surface area contributed by atoms with E-state index in [1.165, 1.54) is 6.42 Å². The van der Waals surface area contributed by atoms with Gasteiger partial charge in [0.05, 0.1) is 11.6 Å². The lowest BCUT2D eigenvalue weighted by Gasteiger charge is -2.40. The van der Waals surface area contributed by atoms with Crippen LogP contribution >= 0.6 is 0 Å². The van der Waals surface area contributed by atoms with Gasteiger partial charge in [-0.2, -0.15) is 0 Å². The Balaban J connectivity index is 1.30. The van der Waals surface area contributed by atoms with Gasteiger partial charge in [0.25, 0.3) is 0 Å². The van der Waals surface area contributed by atoms with Crippen molar-refractivity contribution in [3.63, 3.8) is 0 Å². The molecule has 0 bridgehead atoms. The van der Waals surface area contributed by atoms with Gasteiger partial charge in [-0.3, -0.25) is 9.69 Å². The number of amides is 1. The summed E-state index contributed by atoms with van der Waals surface area (Å²) in [7, 11) is 0. The topological polar surface area (TPSA) is 65.7 Å². The summed E-state index contributed by atoms with van der Waals surface area (Å²) in [5.74, 6) is 2.37. The molecule has 0 spiro atoms. The number of anilines is 1. The molecule has 0 saturated carbocycles. The fraction of sp³-hybridized carbons (Fsp3) is 0.609. The number of hydrogen-bond acceptors (Lipinski definition) is 6. The van der Waals surface area contributed by atoms with Crippen LogP contribution in [0.25, 0.3) is 0 Å². The van der Waals surface area contributed by atoms with E-state index in [1.54, 1.807) is 0 Å². The summed E-state index contributed by atoms with van der Waals surface area (Å²) in [6.07, 6.45) is 4.14. The molecule has 2 aliphatic heterocycles. The summed E-state index contributed by atoms with van der Waals surface area (Å²) in [5, 5.41) is 4.02. The molecule has 2 fully saturated rings. The number of likely N-dealkylation sites (tertiary alicyclic amines) is 1. The minimum atomic E-state index is -0.197. The molecule has 30 heavy (non-hydrogen) atoms. The van der Waals surface area contributed by atoms with Crippen LogP contribution in [0.1, 0.15) is 42.7 Å². The van der Waals surface area contributed by atoms with Crippen molar-refractivity contribution < 1.29 is 9.32 Å². The number of pyridine rings is 1. The molecule has 4 heterocycles. The van der Waals surface area contributed by atoms with E-state index in [0.29, 0.717) is 5.92 Å². The summed E-state index contributed by atoms with van der Waals surface area (Å²) in [6.45, 7) is 12.7. The molecule has 0 aromatic carbocycles. The van der Waals surface area contributed by atoms with Crippen LogP contribution in [-0.2, 0) is 4.79 Å². The van der Waals surface area contributed by atoms with Crippen molar-refractivity contribution >= 4 is 11.7 Å². The lowest BCUT2D eigenvalue weighted by atomic mass is 9.93. The molecular formula is C23H33N5O2. The van der Waals surface area contributed by atoms with Crippen LogP contribution in [0.15, 0.2) is 28.9 Å². The second kappa shape index (κ2) is 9.16. The summed E-state index contributed by atoms with van der Waals surface area (Å²) in [5.41, 5.74) is 1.78. The Morgan fingerprint density at radius 1 is 1.20 bits per heavy atom. The van der Waals surface area contributed by atoms with Crippen LogP contribution in [0.4, 0.5) is 5.82 Å². The van der Waals surface area contributed by atoms with Gasteiger partial charge in [-0.15, -0.1) is 0 Å². The maximum atomic E-state index is 13.2. The minimum Gasteiger partial charge on any atom is -0.361 e. The number of hydrogen-bond donors (Lipinski definition) is 0. The van der Waals surface area contributed by atoms with Crippen molar-refractivity contribution in [3.8, 4) is 0 Å². The Morgan fingerprint density at radius 2 is 2.00 bits per heavy atom. The van der Waals surface area contributed by atoms with Crippen LogP contribution < -0.4 is 4.90 Å². The van der Waals surface area contributed by atoms with Gasteiger partial charge in [0.1, 0.15) is 11.6 Å². The fourth-order valence-electron chi connectivity index (χ4n) is 4.99. The number of aryl methyl sites for hydroxylation is 2. The normalized spacial score (nSPS) is 21.6. The highest BCUT2D eigenvalue weighted by atomic mass is 16.5. The standard InChI is InChI=1S/C23H33N5O2/c1-17(22-18(2)25-30-19(22)3)23(29)28-10-6-7-20(16-28)15-26-11-13-27(14-12-26)21-8-4-5-9-24-21/h4-5,8-9,17,20H,6-7,10-16H2,1-3H3. The van der Waals surface area contributed by atoms with Crippen molar-refractivity contribution in [1.29, 1.82) is 0 Å². The van der Waals surface area contributed by atoms with E-state index < -0.39 is 0 Å². The highest BCUT2D eigenvalue weighted by Gasteiger charge is 2.31. The van der Waals surface area contributed by atoms with Gasteiger partial charge in [-0.25, -0.2) is 4.98 Å². The molecule has 1 amide bonds. The van der Waals surface area contributed by atoms with Gasteiger partial charge in [-0.05, 0) is 51.7 Å². The van der Waals surface area contributed by atoms with Crippen molar-refractivity contribution in [3.05, 3.63) is 41.4 Å². The lowest BCUT2D eigenvalue weighted by molar-refractivity contribution is -0.134. The zero-order chi connectivity index (χ0) is 21.1. The molecule has 0 aliphatic carbocycles. The molecule has 7 heteroatoms. The second-order valence-electron chi connectivity index (χ2n) is 8.73. The van der Waals surface area contributed by atoms with Gasteiger partial charge < -0.3 is 14.3 Å². The molecule has 0 radical (unpaired) electrons. The van der Waals surface area contributed by atoms with E-state index in [9.17, 15) is 4.79 Å². The molecule has 2 aromatic heterocycles.